The third kappa shape index (κ3) is 8.55. The van der Waals surface area contributed by atoms with Crippen LogP contribution in [0, 0.1) is 18.3 Å². The average molecular weight is 431 g/mol. The first-order valence-corrected chi connectivity index (χ1v) is 7.33. The van der Waals surface area contributed by atoms with Gasteiger partial charge in [-0.15, -0.1) is 30.4 Å². The summed E-state index contributed by atoms with van der Waals surface area (Å²) in [6.07, 6.45) is 6.27. The number of ether oxygens (including phenoxy) is 2. The number of benzene rings is 1. The van der Waals surface area contributed by atoms with Gasteiger partial charge in [-0.1, -0.05) is 25.8 Å². The van der Waals surface area contributed by atoms with Crippen molar-refractivity contribution in [3.63, 3.8) is 0 Å². The van der Waals surface area contributed by atoms with Crippen LogP contribution in [0.25, 0.3) is 0 Å². The summed E-state index contributed by atoms with van der Waals surface area (Å²) >= 11 is 0. The van der Waals surface area contributed by atoms with E-state index in [0.717, 1.165) is 18.5 Å². The molecular weight excluding hydrogens is 405 g/mol. The zero-order valence-corrected chi connectivity index (χ0v) is 16.3. The molecule has 0 aliphatic carbocycles. The molecule has 5 nitrogen and oxygen atoms in total. The smallest absolute Gasteiger partial charge is 0.188 e. The Labute approximate surface area is 156 Å². The standard InChI is InChI=1S/C17H25N3O2.HI/c1-5-10-22-16-11-14(6-7-15(16)21-4)12-20-17(18)19-9-8-13(2)3;/h1,6-7,11,13H,8-10,12H2,2-4H3,(H3,18,19,20);1H. The minimum Gasteiger partial charge on any atom is -0.493 e. The molecule has 0 aromatic heterocycles. The van der Waals surface area contributed by atoms with E-state index in [1.54, 1.807) is 7.11 Å². The Hall–Kier alpha value is -1.62. The van der Waals surface area contributed by atoms with Crippen LogP contribution in [0.3, 0.4) is 0 Å². The Kier molecular flexibility index (Phi) is 11.0. The monoisotopic (exact) mass is 431 g/mol. The highest BCUT2D eigenvalue weighted by molar-refractivity contribution is 14.0. The number of methoxy groups -OCH3 is 1. The molecule has 0 radical (unpaired) electrons. The molecule has 0 bridgehead atoms. The normalized spacial score (nSPS) is 10.7. The molecule has 128 valence electrons. The largest absolute Gasteiger partial charge is 0.493 e. The minimum absolute atomic E-state index is 0. The summed E-state index contributed by atoms with van der Waals surface area (Å²) in [6, 6.07) is 5.62. The van der Waals surface area contributed by atoms with Crippen molar-refractivity contribution in [3.8, 4) is 23.8 Å². The van der Waals surface area contributed by atoms with Crippen molar-refractivity contribution in [2.24, 2.45) is 16.6 Å². The molecule has 0 saturated carbocycles. The van der Waals surface area contributed by atoms with E-state index in [2.05, 4.69) is 30.1 Å². The third-order valence-corrected chi connectivity index (χ3v) is 3.00. The summed E-state index contributed by atoms with van der Waals surface area (Å²) in [5.74, 6) is 4.77. The summed E-state index contributed by atoms with van der Waals surface area (Å²) in [7, 11) is 1.59. The predicted octanol–water partition coefficient (Wildman–Crippen LogP) is 2.78. The molecule has 0 fully saturated rings. The van der Waals surface area contributed by atoms with Gasteiger partial charge in [0.15, 0.2) is 17.5 Å². The van der Waals surface area contributed by atoms with E-state index in [4.69, 9.17) is 21.6 Å². The molecule has 0 saturated heterocycles. The van der Waals surface area contributed by atoms with Crippen LogP contribution >= 0.6 is 24.0 Å². The number of hydrogen-bond donors (Lipinski definition) is 2. The quantitative estimate of drug-likeness (QED) is 0.288. The first-order valence-electron chi connectivity index (χ1n) is 7.33. The fourth-order valence-corrected chi connectivity index (χ4v) is 1.77. The van der Waals surface area contributed by atoms with E-state index < -0.39 is 0 Å². The van der Waals surface area contributed by atoms with Crippen LogP contribution in [-0.4, -0.2) is 26.2 Å². The van der Waals surface area contributed by atoms with Crippen LogP contribution in [0.2, 0.25) is 0 Å². The van der Waals surface area contributed by atoms with Crippen LogP contribution in [0.5, 0.6) is 11.5 Å². The number of nitrogens with zero attached hydrogens (tertiary/aromatic N) is 1. The van der Waals surface area contributed by atoms with Crippen molar-refractivity contribution in [1.29, 1.82) is 0 Å². The molecule has 1 rings (SSSR count). The highest BCUT2D eigenvalue weighted by atomic mass is 127. The van der Waals surface area contributed by atoms with Gasteiger partial charge in [0.25, 0.3) is 0 Å². The minimum atomic E-state index is 0. The van der Waals surface area contributed by atoms with Crippen LogP contribution in [0.4, 0.5) is 0 Å². The van der Waals surface area contributed by atoms with Crippen LogP contribution < -0.4 is 20.5 Å². The van der Waals surface area contributed by atoms with Crippen LogP contribution in [0.1, 0.15) is 25.8 Å². The molecule has 6 heteroatoms. The van der Waals surface area contributed by atoms with Crippen LogP contribution in [0.15, 0.2) is 23.2 Å². The fraction of sp³-hybridized carbons (Fsp3) is 0.471. The topological polar surface area (TPSA) is 68.9 Å². The summed E-state index contributed by atoms with van der Waals surface area (Å²) < 4.78 is 10.7. The highest BCUT2D eigenvalue weighted by Gasteiger charge is 2.05. The van der Waals surface area contributed by atoms with Gasteiger partial charge in [0.2, 0.25) is 0 Å². The molecular formula is C17H26IN3O2. The lowest BCUT2D eigenvalue weighted by atomic mass is 10.1. The number of nitrogens with two attached hydrogens (primary N) is 1. The average Bonchev–Trinajstić information content (AvgIpc) is 2.50. The van der Waals surface area contributed by atoms with Gasteiger partial charge >= 0.3 is 0 Å². The zero-order valence-electron chi connectivity index (χ0n) is 14.0. The molecule has 3 N–H and O–H groups in total. The van der Waals surface area contributed by atoms with E-state index in [1.807, 2.05) is 18.2 Å². The molecule has 1 aromatic rings. The van der Waals surface area contributed by atoms with E-state index in [1.165, 1.54) is 0 Å². The highest BCUT2D eigenvalue weighted by Crippen LogP contribution is 2.28. The first kappa shape index (κ1) is 21.4. The SMILES string of the molecule is C#CCOc1cc(CN=C(N)NCCC(C)C)ccc1OC.I. The Morgan fingerprint density at radius 1 is 1.39 bits per heavy atom. The summed E-state index contributed by atoms with van der Waals surface area (Å²) in [5, 5.41) is 3.10. The Morgan fingerprint density at radius 2 is 2.13 bits per heavy atom. The fourth-order valence-electron chi connectivity index (χ4n) is 1.77. The molecule has 1 aromatic carbocycles. The zero-order chi connectivity index (χ0) is 16.4. The lowest BCUT2D eigenvalue weighted by Crippen LogP contribution is -2.32. The van der Waals surface area contributed by atoms with Crippen LogP contribution in [-0.2, 0) is 6.54 Å². The molecule has 0 amide bonds. The molecule has 0 aliphatic rings. The van der Waals surface area contributed by atoms with Crippen molar-refractivity contribution >= 4 is 29.9 Å². The number of halogens is 1. The van der Waals surface area contributed by atoms with E-state index in [-0.39, 0.29) is 30.6 Å². The summed E-state index contributed by atoms with van der Waals surface area (Å²) in [4.78, 5) is 4.31. The van der Waals surface area contributed by atoms with Crippen molar-refractivity contribution in [1.82, 2.24) is 5.32 Å². The number of guanidine groups is 1. The molecule has 0 spiro atoms. The van der Waals surface area contributed by atoms with Gasteiger partial charge in [-0.2, -0.15) is 0 Å². The second kappa shape index (κ2) is 11.9. The van der Waals surface area contributed by atoms with E-state index in [9.17, 15) is 0 Å². The second-order valence-electron chi connectivity index (χ2n) is 5.29. The predicted molar refractivity (Wildman–Crippen MR) is 106 cm³/mol. The third-order valence-electron chi connectivity index (χ3n) is 3.00. The van der Waals surface area contributed by atoms with Gasteiger partial charge in [-0.3, -0.25) is 0 Å². The Morgan fingerprint density at radius 3 is 2.74 bits per heavy atom. The number of terminal acetylenes is 1. The van der Waals surface area contributed by atoms with Gasteiger partial charge in [0.05, 0.1) is 13.7 Å². The number of aliphatic imine (C=N–C) groups is 1. The maximum atomic E-state index is 5.84. The van der Waals surface area contributed by atoms with Gasteiger partial charge in [-0.05, 0) is 30.0 Å². The van der Waals surface area contributed by atoms with Crippen molar-refractivity contribution in [2.45, 2.75) is 26.8 Å². The van der Waals surface area contributed by atoms with Crippen molar-refractivity contribution < 1.29 is 9.47 Å². The van der Waals surface area contributed by atoms with Gasteiger partial charge in [0.1, 0.15) is 6.61 Å². The van der Waals surface area contributed by atoms with E-state index in [0.29, 0.717) is 29.9 Å². The molecule has 0 aliphatic heterocycles. The molecule has 23 heavy (non-hydrogen) atoms. The maximum Gasteiger partial charge on any atom is 0.188 e. The summed E-state index contributed by atoms with van der Waals surface area (Å²) in [5.41, 5.74) is 6.81. The summed E-state index contributed by atoms with van der Waals surface area (Å²) in [6.45, 7) is 5.83. The maximum absolute atomic E-state index is 5.84. The Balaban J connectivity index is 0.00000484. The molecule has 0 heterocycles. The number of hydrogen-bond acceptors (Lipinski definition) is 3. The van der Waals surface area contributed by atoms with Gasteiger partial charge in [-0.25, -0.2) is 4.99 Å². The molecule has 0 unspecified atom stereocenters. The van der Waals surface area contributed by atoms with Crippen molar-refractivity contribution in [2.75, 3.05) is 20.3 Å². The lowest BCUT2D eigenvalue weighted by Gasteiger charge is -2.10. The Bertz CT molecular complexity index is 539. The van der Waals surface area contributed by atoms with Gasteiger partial charge < -0.3 is 20.5 Å². The number of nitrogens with one attached hydrogen (secondary N) is 1. The lowest BCUT2D eigenvalue weighted by molar-refractivity contribution is 0.330. The molecule has 0 atom stereocenters. The number of rotatable bonds is 8. The van der Waals surface area contributed by atoms with Gasteiger partial charge in [0, 0.05) is 6.54 Å². The first-order chi connectivity index (χ1) is 10.6. The second-order valence-corrected chi connectivity index (χ2v) is 5.29. The van der Waals surface area contributed by atoms with Crippen molar-refractivity contribution in [3.05, 3.63) is 23.8 Å². The van der Waals surface area contributed by atoms with E-state index >= 15 is 0 Å².